The van der Waals surface area contributed by atoms with E-state index in [1.807, 2.05) is 11.0 Å². The predicted molar refractivity (Wildman–Crippen MR) is 136 cm³/mol. The zero-order chi connectivity index (χ0) is 25.7. The smallest absolute Gasteiger partial charge is 0.243 e. The molecular formula is C26H29FN4O5S. The third-order valence-electron chi connectivity index (χ3n) is 7.53. The van der Waals surface area contributed by atoms with Gasteiger partial charge in [0.15, 0.2) is 0 Å². The molecule has 3 fully saturated rings. The number of ether oxygens (including phenoxy) is 1. The molecule has 11 heteroatoms. The molecule has 0 unspecified atom stereocenters. The Balaban J connectivity index is 1.37. The molecule has 0 aliphatic carbocycles. The predicted octanol–water partition coefficient (Wildman–Crippen LogP) is 2.17. The number of fused-ring (bicyclic) bond motifs is 1. The van der Waals surface area contributed by atoms with Gasteiger partial charge in [0.25, 0.3) is 0 Å². The number of hydrogen-bond donors (Lipinski definition) is 2. The molecule has 0 saturated carbocycles. The summed E-state index contributed by atoms with van der Waals surface area (Å²) < 4.78 is 47.9. The molecule has 1 aromatic heterocycles. The summed E-state index contributed by atoms with van der Waals surface area (Å²) in [5.74, 6) is -0.549. The highest BCUT2D eigenvalue weighted by atomic mass is 32.2. The van der Waals surface area contributed by atoms with Crippen molar-refractivity contribution in [3.8, 4) is 11.3 Å². The Kier molecular flexibility index (Phi) is 6.18. The summed E-state index contributed by atoms with van der Waals surface area (Å²) in [6, 6.07) is 10.5. The summed E-state index contributed by atoms with van der Waals surface area (Å²) in [4.78, 5) is 20.1. The van der Waals surface area contributed by atoms with Crippen LogP contribution in [0, 0.1) is 5.82 Å². The summed E-state index contributed by atoms with van der Waals surface area (Å²) in [7, 11) is -3.94. The quantitative estimate of drug-likeness (QED) is 0.526. The summed E-state index contributed by atoms with van der Waals surface area (Å²) in [6.07, 6.45) is 0.650. The molecule has 4 heterocycles. The van der Waals surface area contributed by atoms with Gasteiger partial charge < -0.3 is 24.6 Å². The van der Waals surface area contributed by atoms with E-state index in [0.29, 0.717) is 69.0 Å². The lowest BCUT2D eigenvalue weighted by molar-refractivity contribution is -0.142. The minimum atomic E-state index is -3.94. The second-order valence-corrected chi connectivity index (χ2v) is 11.7. The molecule has 2 atom stereocenters. The van der Waals surface area contributed by atoms with Crippen molar-refractivity contribution in [3.63, 3.8) is 0 Å². The number of carbonyl (C=O) groups excluding carboxylic acids is 1. The molecule has 0 radical (unpaired) electrons. The van der Waals surface area contributed by atoms with Crippen molar-refractivity contribution in [2.75, 3.05) is 50.8 Å². The number of anilines is 1. The third-order valence-corrected chi connectivity index (χ3v) is 9.44. The van der Waals surface area contributed by atoms with Crippen LogP contribution in [0.4, 0.5) is 10.1 Å². The first-order chi connectivity index (χ1) is 17.8. The fraction of sp³-hybridized carbons (Fsp3) is 0.423. The van der Waals surface area contributed by atoms with E-state index in [0.717, 1.165) is 11.1 Å². The molecule has 2 aromatic carbocycles. The number of halogens is 1. The van der Waals surface area contributed by atoms with E-state index in [2.05, 4.69) is 4.98 Å². The first-order valence-corrected chi connectivity index (χ1v) is 14.0. The van der Waals surface area contributed by atoms with Crippen molar-refractivity contribution in [1.82, 2.24) is 14.2 Å². The topological polar surface area (TPSA) is 106 Å². The number of benzene rings is 2. The summed E-state index contributed by atoms with van der Waals surface area (Å²) >= 11 is 0. The largest absolute Gasteiger partial charge is 0.391 e. The van der Waals surface area contributed by atoms with E-state index in [1.54, 1.807) is 29.2 Å². The van der Waals surface area contributed by atoms with Gasteiger partial charge in [-0.25, -0.2) is 12.8 Å². The van der Waals surface area contributed by atoms with Gasteiger partial charge in [-0.2, -0.15) is 4.31 Å². The van der Waals surface area contributed by atoms with Gasteiger partial charge in [0.2, 0.25) is 15.9 Å². The Bertz CT molecular complexity index is 1450. The first kappa shape index (κ1) is 24.4. The van der Waals surface area contributed by atoms with Gasteiger partial charge in [0.05, 0.1) is 24.2 Å². The van der Waals surface area contributed by atoms with Crippen LogP contribution in [0.1, 0.15) is 12.8 Å². The second kappa shape index (κ2) is 9.39. The lowest BCUT2D eigenvalue weighted by atomic mass is 10.1. The highest BCUT2D eigenvalue weighted by Gasteiger charge is 2.44. The van der Waals surface area contributed by atoms with Gasteiger partial charge in [-0.05, 0) is 55.3 Å². The number of aliphatic hydroxyl groups excluding tert-OH is 1. The van der Waals surface area contributed by atoms with Crippen LogP contribution in [0.3, 0.4) is 0 Å². The number of rotatable bonds is 5. The van der Waals surface area contributed by atoms with E-state index in [1.165, 1.54) is 16.4 Å². The zero-order valence-corrected chi connectivity index (χ0v) is 21.1. The van der Waals surface area contributed by atoms with Gasteiger partial charge in [0, 0.05) is 60.6 Å². The molecule has 9 nitrogen and oxygen atoms in total. The van der Waals surface area contributed by atoms with Crippen LogP contribution in [0.5, 0.6) is 0 Å². The standard InChI is InChI=1S/C26H29FN4O5S/c27-18-2-1-17-13-23(28-22(17)14-18)21-15-20(3-4-24(21)30-7-5-19(32)16-30)37(34,35)31-8-6-25(31)26(33)29-9-11-36-12-10-29/h1-4,13-15,19,25,28,32H,5-12,16H2/t19-,25-/m0/s1. The van der Waals surface area contributed by atoms with Crippen molar-refractivity contribution in [3.05, 3.63) is 48.3 Å². The van der Waals surface area contributed by atoms with Crippen LogP contribution in [-0.2, 0) is 19.6 Å². The number of aromatic amines is 1. The minimum Gasteiger partial charge on any atom is -0.391 e. The van der Waals surface area contributed by atoms with E-state index < -0.39 is 22.2 Å². The third kappa shape index (κ3) is 4.39. The highest BCUT2D eigenvalue weighted by Crippen LogP contribution is 2.38. The average Bonchev–Trinajstić information content (AvgIpc) is 3.49. The summed E-state index contributed by atoms with van der Waals surface area (Å²) in [5, 5.41) is 10.9. The van der Waals surface area contributed by atoms with Gasteiger partial charge in [-0.15, -0.1) is 0 Å². The van der Waals surface area contributed by atoms with Crippen LogP contribution < -0.4 is 4.90 Å². The van der Waals surface area contributed by atoms with Crippen LogP contribution >= 0.6 is 0 Å². The molecule has 3 aromatic rings. The second-order valence-electron chi connectivity index (χ2n) is 9.84. The van der Waals surface area contributed by atoms with Crippen molar-refractivity contribution < 1.29 is 27.4 Å². The summed E-state index contributed by atoms with van der Waals surface area (Å²) in [6.45, 7) is 3.19. The Morgan fingerprint density at radius 2 is 1.84 bits per heavy atom. The van der Waals surface area contributed by atoms with E-state index in [9.17, 15) is 22.7 Å². The van der Waals surface area contributed by atoms with Crippen LogP contribution in [0.25, 0.3) is 22.2 Å². The molecule has 37 heavy (non-hydrogen) atoms. The van der Waals surface area contributed by atoms with E-state index in [-0.39, 0.29) is 23.2 Å². The maximum atomic E-state index is 13.8. The molecule has 3 saturated heterocycles. The van der Waals surface area contributed by atoms with Crippen molar-refractivity contribution in [2.45, 2.75) is 29.9 Å². The molecule has 3 aliphatic rings. The molecule has 196 valence electrons. The highest BCUT2D eigenvalue weighted by molar-refractivity contribution is 7.89. The summed E-state index contributed by atoms with van der Waals surface area (Å²) in [5.41, 5.74) is 2.68. The monoisotopic (exact) mass is 528 g/mol. The van der Waals surface area contributed by atoms with Crippen LogP contribution in [0.15, 0.2) is 47.4 Å². The van der Waals surface area contributed by atoms with Gasteiger partial charge >= 0.3 is 0 Å². The van der Waals surface area contributed by atoms with Crippen molar-refractivity contribution in [1.29, 1.82) is 0 Å². The molecule has 1 amide bonds. The number of aliphatic hydroxyl groups is 1. The van der Waals surface area contributed by atoms with Crippen LogP contribution in [-0.4, -0.2) is 91.7 Å². The SMILES string of the molecule is O=C([C@@H]1CCN1S(=O)(=O)c1ccc(N2CC[C@H](O)C2)c(-c2cc3ccc(F)cc3[nH]2)c1)N1CCOCC1. The Labute approximate surface area is 214 Å². The number of aromatic nitrogens is 1. The van der Waals surface area contributed by atoms with Gasteiger partial charge in [0.1, 0.15) is 11.9 Å². The number of amides is 1. The molecule has 2 N–H and O–H groups in total. The van der Waals surface area contributed by atoms with Gasteiger partial charge in [-0.1, -0.05) is 0 Å². The first-order valence-electron chi connectivity index (χ1n) is 12.6. The maximum Gasteiger partial charge on any atom is 0.243 e. The molecule has 0 bridgehead atoms. The normalized spacial score (nSPS) is 23.0. The number of nitrogens with one attached hydrogen (secondary N) is 1. The molecular weight excluding hydrogens is 499 g/mol. The van der Waals surface area contributed by atoms with Crippen LogP contribution in [0.2, 0.25) is 0 Å². The Morgan fingerprint density at radius 3 is 2.54 bits per heavy atom. The molecule has 6 rings (SSSR count). The van der Waals surface area contributed by atoms with Gasteiger partial charge in [-0.3, -0.25) is 4.79 Å². The number of morpholine rings is 1. The number of nitrogens with zero attached hydrogens (tertiary/aromatic N) is 3. The number of β-amino-alcohol motifs (C(OH)–C–C–N with tert-alkyl or cyclic N) is 1. The van der Waals surface area contributed by atoms with Crippen molar-refractivity contribution >= 4 is 32.5 Å². The fourth-order valence-electron chi connectivity index (χ4n) is 5.40. The number of H-pyrrole nitrogens is 1. The van der Waals surface area contributed by atoms with E-state index in [4.69, 9.17) is 4.74 Å². The molecule has 3 aliphatic heterocycles. The average molecular weight is 529 g/mol. The Hall–Kier alpha value is -2.99. The fourth-order valence-corrected chi connectivity index (χ4v) is 7.05. The maximum absolute atomic E-state index is 13.8. The zero-order valence-electron chi connectivity index (χ0n) is 20.3. The van der Waals surface area contributed by atoms with Crippen molar-refractivity contribution in [2.24, 2.45) is 0 Å². The molecule has 0 spiro atoms. The Morgan fingerprint density at radius 1 is 1.03 bits per heavy atom. The number of sulfonamides is 1. The lowest BCUT2D eigenvalue weighted by Gasteiger charge is -2.41. The lowest BCUT2D eigenvalue weighted by Crippen LogP contribution is -2.60. The van der Waals surface area contributed by atoms with E-state index >= 15 is 0 Å². The number of hydrogen-bond acceptors (Lipinski definition) is 6. The number of carbonyl (C=O) groups is 1. The minimum absolute atomic E-state index is 0.0929.